The molecule has 0 spiro atoms. The highest BCUT2D eigenvalue weighted by atomic mass is 16.5. The molecule has 25 heavy (non-hydrogen) atoms. The van der Waals surface area contributed by atoms with Crippen LogP contribution in [0.4, 0.5) is 0 Å². The highest BCUT2D eigenvalue weighted by Gasteiger charge is 2.28. The number of rotatable bonds is 8. The van der Waals surface area contributed by atoms with Crippen molar-refractivity contribution in [1.29, 1.82) is 0 Å². The Kier molecular flexibility index (Phi) is 5.51. The lowest BCUT2D eigenvalue weighted by molar-refractivity contribution is -0.140. The van der Waals surface area contributed by atoms with Gasteiger partial charge in [-0.15, -0.1) is 0 Å². The van der Waals surface area contributed by atoms with Crippen LogP contribution in [0.25, 0.3) is 11.1 Å². The van der Waals surface area contributed by atoms with Gasteiger partial charge in [0.2, 0.25) is 0 Å². The van der Waals surface area contributed by atoms with Crippen molar-refractivity contribution in [2.45, 2.75) is 32.2 Å². The van der Waals surface area contributed by atoms with Gasteiger partial charge in [0.1, 0.15) is 6.04 Å². The van der Waals surface area contributed by atoms with E-state index in [1.807, 2.05) is 13.8 Å². The summed E-state index contributed by atoms with van der Waals surface area (Å²) in [6.45, 7) is 4.81. The van der Waals surface area contributed by atoms with Gasteiger partial charge in [0, 0.05) is 5.92 Å². The fraction of sp³-hybridized carbons (Fsp3) is 0.381. The Morgan fingerprint density at radius 1 is 1.08 bits per heavy atom. The maximum Gasteiger partial charge on any atom is 0.320 e. The summed E-state index contributed by atoms with van der Waals surface area (Å²) < 4.78 is 5.82. The third kappa shape index (κ3) is 3.91. The van der Waals surface area contributed by atoms with Crippen molar-refractivity contribution in [3.05, 3.63) is 59.7 Å². The van der Waals surface area contributed by atoms with Crippen molar-refractivity contribution in [3.63, 3.8) is 0 Å². The molecule has 0 saturated heterocycles. The van der Waals surface area contributed by atoms with Crippen LogP contribution in [-0.2, 0) is 9.53 Å². The van der Waals surface area contributed by atoms with Gasteiger partial charge in [-0.1, -0.05) is 62.4 Å². The predicted octanol–water partition coefficient (Wildman–Crippen LogP) is 3.86. The second-order valence-electron chi connectivity index (χ2n) is 6.97. The summed E-state index contributed by atoms with van der Waals surface area (Å²) >= 11 is 0. The molecule has 0 amide bonds. The number of hydrogen-bond acceptors (Lipinski definition) is 3. The van der Waals surface area contributed by atoms with E-state index in [1.165, 1.54) is 22.3 Å². The van der Waals surface area contributed by atoms with Gasteiger partial charge in [-0.3, -0.25) is 10.1 Å². The van der Waals surface area contributed by atoms with Crippen molar-refractivity contribution in [1.82, 2.24) is 5.32 Å². The van der Waals surface area contributed by atoms with Gasteiger partial charge in [0.25, 0.3) is 0 Å². The molecule has 0 aliphatic heterocycles. The zero-order chi connectivity index (χ0) is 17.8. The Labute approximate surface area is 148 Å². The first-order valence-corrected chi connectivity index (χ1v) is 8.80. The Bertz CT molecular complexity index is 696. The zero-order valence-electron chi connectivity index (χ0n) is 14.7. The quantitative estimate of drug-likeness (QED) is 0.566. The number of nitrogens with one attached hydrogen (secondary N) is 1. The molecule has 0 fully saturated rings. The lowest BCUT2D eigenvalue weighted by Gasteiger charge is -2.18. The molecule has 2 aromatic carbocycles. The maximum atomic E-state index is 11.3. The van der Waals surface area contributed by atoms with E-state index in [0.29, 0.717) is 18.9 Å². The van der Waals surface area contributed by atoms with Crippen molar-refractivity contribution < 1.29 is 14.6 Å². The van der Waals surface area contributed by atoms with Crippen LogP contribution in [-0.4, -0.2) is 30.5 Å². The molecule has 2 aromatic rings. The fourth-order valence-electron chi connectivity index (χ4n) is 3.52. The van der Waals surface area contributed by atoms with E-state index < -0.39 is 12.0 Å². The van der Waals surface area contributed by atoms with Crippen LogP contribution in [0.2, 0.25) is 0 Å². The van der Waals surface area contributed by atoms with Gasteiger partial charge in [-0.2, -0.15) is 0 Å². The average molecular weight is 339 g/mol. The van der Waals surface area contributed by atoms with Crippen LogP contribution >= 0.6 is 0 Å². The fourth-order valence-corrected chi connectivity index (χ4v) is 3.52. The van der Waals surface area contributed by atoms with E-state index in [9.17, 15) is 9.90 Å². The van der Waals surface area contributed by atoms with Crippen LogP contribution in [0.15, 0.2) is 48.5 Å². The molecule has 132 valence electrons. The number of ether oxygens (including phenoxy) is 1. The molecule has 3 rings (SSSR count). The Morgan fingerprint density at radius 3 is 2.16 bits per heavy atom. The van der Waals surface area contributed by atoms with Crippen LogP contribution in [0, 0.1) is 5.92 Å². The smallest absolute Gasteiger partial charge is 0.320 e. The molecule has 1 aliphatic carbocycles. The zero-order valence-corrected chi connectivity index (χ0v) is 14.7. The van der Waals surface area contributed by atoms with E-state index in [-0.39, 0.29) is 12.6 Å². The Balaban J connectivity index is 1.63. The summed E-state index contributed by atoms with van der Waals surface area (Å²) in [6, 6.07) is 16.3. The molecule has 2 N–H and O–H groups in total. The van der Waals surface area contributed by atoms with E-state index >= 15 is 0 Å². The largest absolute Gasteiger partial charge is 0.480 e. The summed E-state index contributed by atoms with van der Waals surface area (Å²) in [7, 11) is 0. The summed E-state index contributed by atoms with van der Waals surface area (Å²) in [5, 5.41) is 12.3. The number of carboxylic acids is 1. The van der Waals surface area contributed by atoms with E-state index in [2.05, 4.69) is 53.8 Å². The highest BCUT2D eigenvalue weighted by molar-refractivity contribution is 5.78. The SMILES string of the molecule is CC(C)C[C@H](NCOCC1c2ccccc2-c2ccccc21)C(=O)O. The van der Waals surface area contributed by atoms with Gasteiger partial charge in [-0.25, -0.2) is 0 Å². The van der Waals surface area contributed by atoms with Gasteiger partial charge in [0.15, 0.2) is 0 Å². The Hall–Kier alpha value is -2.17. The highest BCUT2D eigenvalue weighted by Crippen LogP contribution is 2.44. The molecular weight excluding hydrogens is 314 g/mol. The van der Waals surface area contributed by atoms with Crippen LogP contribution in [0.5, 0.6) is 0 Å². The number of carboxylic acid groups (broad SMARTS) is 1. The van der Waals surface area contributed by atoms with Crippen LogP contribution < -0.4 is 5.32 Å². The maximum absolute atomic E-state index is 11.3. The van der Waals surface area contributed by atoms with E-state index in [4.69, 9.17) is 4.74 Å². The van der Waals surface area contributed by atoms with Gasteiger partial charge >= 0.3 is 5.97 Å². The molecule has 1 atom stereocenters. The normalized spacial score (nSPS) is 14.4. The minimum Gasteiger partial charge on any atom is -0.480 e. The first-order valence-electron chi connectivity index (χ1n) is 8.80. The van der Waals surface area contributed by atoms with Crippen molar-refractivity contribution in [2.75, 3.05) is 13.3 Å². The molecule has 0 aromatic heterocycles. The van der Waals surface area contributed by atoms with E-state index in [1.54, 1.807) is 0 Å². The third-order valence-electron chi connectivity index (χ3n) is 4.68. The summed E-state index contributed by atoms with van der Waals surface area (Å²) in [4.78, 5) is 11.3. The molecule has 4 nitrogen and oxygen atoms in total. The first-order chi connectivity index (χ1) is 12.1. The first kappa shape index (κ1) is 17.6. The van der Waals surface area contributed by atoms with Crippen molar-refractivity contribution >= 4 is 5.97 Å². The minimum atomic E-state index is -0.825. The van der Waals surface area contributed by atoms with Crippen LogP contribution in [0.3, 0.4) is 0 Å². The number of aliphatic carboxylic acids is 1. The van der Waals surface area contributed by atoms with Crippen LogP contribution in [0.1, 0.15) is 37.3 Å². The lowest BCUT2D eigenvalue weighted by atomic mass is 9.98. The van der Waals surface area contributed by atoms with Crippen molar-refractivity contribution in [3.8, 4) is 11.1 Å². The second kappa shape index (κ2) is 7.81. The lowest BCUT2D eigenvalue weighted by Crippen LogP contribution is -2.39. The molecule has 1 aliphatic rings. The Morgan fingerprint density at radius 2 is 1.64 bits per heavy atom. The summed E-state index contributed by atoms with van der Waals surface area (Å²) in [5.41, 5.74) is 5.09. The van der Waals surface area contributed by atoms with Crippen molar-refractivity contribution in [2.24, 2.45) is 5.92 Å². The monoisotopic (exact) mass is 339 g/mol. The second-order valence-corrected chi connectivity index (χ2v) is 6.97. The topological polar surface area (TPSA) is 58.6 Å². The molecular formula is C21H25NO3. The molecule has 0 saturated carbocycles. The molecule has 0 radical (unpaired) electrons. The number of hydrogen-bond donors (Lipinski definition) is 2. The summed E-state index contributed by atoms with van der Waals surface area (Å²) in [6.07, 6.45) is 0.591. The third-order valence-corrected chi connectivity index (χ3v) is 4.68. The molecule has 0 bridgehead atoms. The number of fused-ring (bicyclic) bond motifs is 3. The van der Waals surface area contributed by atoms with Gasteiger partial charge in [-0.05, 0) is 34.6 Å². The van der Waals surface area contributed by atoms with Gasteiger partial charge < -0.3 is 9.84 Å². The molecule has 0 heterocycles. The number of benzene rings is 2. The van der Waals surface area contributed by atoms with Gasteiger partial charge in [0.05, 0.1) is 13.3 Å². The molecule has 4 heteroatoms. The standard InChI is InChI=1S/C21H25NO3/c1-14(2)11-20(21(23)24)22-13-25-12-19-17-9-5-3-7-15(17)16-8-4-6-10-18(16)19/h3-10,14,19-20,22H,11-13H2,1-2H3,(H,23,24)/t20-/m0/s1. The summed E-state index contributed by atoms with van der Waals surface area (Å²) in [5.74, 6) is -0.307. The minimum absolute atomic E-state index is 0.197. The number of carbonyl (C=O) groups is 1. The molecule has 0 unspecified atom stereocenters. The predicted molar refractivity (Wildman–Crippen MR) is 98.6 cm³/mol. The average Bonchev–Trinajstić information content (AvgIpc) is 2.91. The van der Waals surface area contributed by atoms with E-state index in [0.717, 1.165) is 0 Å².